The van der Waals surface area contributed by atoms with Crippen LogP contribution in [-0.2, 0) is 0 Å². The van der Waals surface area contributed by atoms with Crippen LogP contribution in [0.1, 0.15) is 6.92 Å². The van der Waals surface area contributed by atoms with Gasteiger partial charge in [-0.15, -0.1) is 0 Å². The first kappa shape index (κ1) is 13.6. The molecule has 1 unspecified atom stereocenters. The van der Waals surface area contributed by atoms with Crippen molar-refractivity contribution in [3.63, 3.8) is 0 Å². The molecular formula is C12H18N3OS+. The quantitative estimate of drug-likeness (QED) is 0.281. The molecule has 1 rings (SSSR count). The molecule has 4 nitrogen and oxygen atoms in total. The van der Waals surface area contributed by atoms with Crippen molar-refractivity contribution in [1.82, 2.24) is 4.59 Å². The molecule has 5 heteroatoms. The normalized spacial score (nSPS) is 13.8. The third-order valence-corrected chi connectivity index (χ3v) is 2.77. The van der Waals surface area contributed by atoms with Crippen molar-refractivity contribution in [2.45, 2.75) is 6.92 Å². The molecule has 0 saturated carbocycles. The summed E-state index contributed by atoms with van der Waals surface area (Å²) in [5.41, 5.74) is 7.45. The van der Waals surface area contributed by atoms with Crippen LogP contribution in [0.2, 0.25) is 0 Å². The Kier molecular flexibility index (Phi) is 4.22. The van der Waals surface area contributed by atoms with Gasteiger partial charge in [0.25, 0.3) is 5.11 Å². The Morgan fingerprint density at radius 3 is 2.29 bits per heavy atom. The molecular weight excluding hydrogens is 234 g/mol. The molecule has 0 radical (unpaired) electrons. The summed E-state index contributed by atoms with van der Waals surface area (Å²) in [4.78, 5) is 0. The van der Waals surface area contributed by atoms with Crippen LogP contribution in [0.15, 0.2) is 36.4 Å². The largest absolute Gasteiger partial charge is 0.497 e. The van der Waals surface area contributed by atoms with E-state index in [4.69, 9.17) is 28.5 Å². The van der Waals surface area contributed by atoms with E-state index in [-0.39, 0.29) is 9.70 Å². The molecule has 17 heavy (non-hydrogen) atoms. The van der Waals surface area contributed by atoms with Gasteiger partial charge in [0.2, 0.25) is 0 Å². The predicted octanol–water partition coefficient (Wildman–Crippen LogP) is 1.70. The Balaban J connectivity index is 3.13. The molecule has 92 valence electrons. The second kappa shape index (κ2) is 5.27. The number of nitrogens with two attached hydrogens (primary N) is 2. The van der Waals surface area contributed by atoms with Gasteiger partial charge in [-0.05, 0) is 24.6 Å². The first-order valence-electron chi connectivity index (χ1n) is 5.16. The van der Waals surface area contributed by atoms with Gasteiger partial charge in [-0.3, -0.25) is 0 Å². The van der Waals surface area contributed by atoms with Crippen LogP contribution in [-0.4, -0.2) is 18.8 Å². The minimum absolute atomic E-state index is 0.116. The maximum atomic E-state index is 6.22. The maximum absolute atomic E-state index is 6.22. The number of hydrogen-bond donors (Lipinski definition) is 2. The second-order valence-electron chi connectivity index (χ2n) is 4.02. The molecule has 1 aromatic rings. The van der Waals surface area contributed by atoms with Crippen LogP contribution in [0, 0.1) is 0 Å². The van der Waals surface area contributed by atoms with Crippen molar-refractivity contribution in [3.05, 3.63) is 36.4 Å². The van der Waals surface area contributed by atoms with Gasteiger partial charge in [-0.25, -0.2) is 0 Å². The lowest BCUT2D eigenvalue weighted by Gasteiger charge is -2.29. The molecule has 0 aliphatic heterocycles. The molecule has 1 aromatic carbocycles. The third-order valence-electron chi connectivity index (χ3n) is 2.45. The van der Waals surface area contributed by atoms with E-state index < -0.39 is 0 Å². The summed E-state index contributed by atoms with van der Waals surface area (Å²) in [6, 6.07) is 7.35. The van der Waals surface area contributed by atoms with Crippen LogP contribution in [0.25, 0.3) is 0 Å². The lowest BCUT2D eigenvalue weighted by molar-refractivity contribution is 0.413. The van der Waals surface area contributed by atoms with Gasteiger partial charge in [0.05, 0.1) is 7.11 Å². The van der Waals surface area contributed by atoms with Gasteiger partial charge in [0.15, 0.2) is 5.69 Å². The fourth-order valence-corrected chi connectivity index (χ4v) is 1.74. The van der Waals surface area contributed by atoms with Crippen molar-refractivity contribution in [3.8, 4) is 5.75 Å². The minimum atomic E-state index is -0.116. The molecule has 1 atom stereocenters. The van der Waals surface area contributed by atoms with E-state index in [9.17, 15) is 0 Å². The molecule has 0 aliphatic carbocycles. The Labute approximate surface area is 107 Å². The average Bonchev–Trinajstić information content (AvgIpc) is 2.28. The second-order valence-corrected chi connectivity index (χ2v) is 4.44. The number of quaternary nitrogens is 1. The van der Waals surface area contributed by atoms with E-state index in [2.05, 4.69) is 6.58 Å². The summed E-state index contributed by atoms with van der Waals surface area (Å²) in [5.74, 6) is 6.99. The highest BCUT2D eigenvalue weighted by Gasteiger charge is 2.30. The summed E-state index contributed by atoms with van der Waals surface area (Å²) in [6.07, 6.45) is 0. The van der Waals surface area contributed by atoms with E-state index >= 15 is 0 Å². The lowest BCUT2D eigenvalue weighted by Crippen LogP contribution is -2.63. The van der Waals surface area contributed by atoms with Crippen molar-refractivity contribution in [2.24, 2.45) is 11.6 Å². The number of benzene rings is 1. The van der Waals surface area contributed by atoms with E-state index in [0.717, 1.165) is 17.0 Å². The molecule has 0 heterocycles. The fraction of sp³-hybridized carbons (Fsp3) is 0.250. The zero-order valence-electron chi connectivity index (χ0n) is 10.1. The average molecular weight is 252 g/mol. The zero-order chi connectivity index (χ0) is 13.1. The van der Waals surface area contributed by atoms with Crippen LogP contribution < -0.4 is 20.9 Å². The summed E-state index contributed by atoms with van der Waals surface area (Å²) >= 11 is 5.04. The first-order valence-corrected chi connectivity index (χ1v) is 5.56. The van der Waals surface area contributed by atoms with Crippen molar-refractivity contribution >= 4 is 23.0 Å². The van der Waals surface area contributed by atoms with Gasteiger partial charge in [-0.2, -0.15) is 10.4 Å². The van der Waals surface area contributed by atoms with E-state index in [1.807, 2.05) is 31.2 Å². The van der Waals surface area contributed by atoms with E-state index in [1.54, 1.807) is 7.11 Å². The van der Waals surface area contributed by atoms with Gasteiger partial charge >= 0.3 is 0 Å². The summed E-state index contributed by atoms with van der Waals surface area (Å²) in [5, 5.41) is 0.207. The number of methoxy groups -OCH3 is 1. The highest BCUT2D eigenvalue weighted by molar-refractivity contribution is 7.80. The number of thiocarbonyl (C=S) groups is 1. The highest BCUT2D eigenvalue weighted by atomic mass is 32.1. The standard InChI is InChI=1S/C12H17N3OS/c1-9(2)8-15(14,12(13)17)10-4-6-11(16-3)7-5-10/h4-7H,1,8,14H2,2-3H3,(H-,13,17)/p+1. The third kappa shape index (κ3) is 3.03. The molecule has 0 aliphatic rings. The topological polar surface area (TPSA) is 61.3 Å². The van der Waals surface area contributed by atoms with Gasteiger partial charge < -0.3 is 10.5 Å². The van der Waals surface area contributed by atoms with E-state index in [0.29, 0.717) is 6.54 Å². The Morgan fingerprint density at radius 2 is 1.94 bits per heavy atom. The SMILES string of the molecule is C=C(C)C[N+](N)(C(N)=S)c1ccc(OC)cc1. The number of nitrogens with zero attached hydrogens (tertiary/aromatic N) is 1. The van der Waals surface area contributed by atoms with Gasteiger partial charge in [-0.1, -0.05) is 6.58 Å². The van der Waals surface area contributed by atoms with E-state index in [1.165, 1.54) is 0 Å². The molecule has 0 amide bonds. The molecule has 4 N–H and O–H groups in total. The summed E-state index contributed by atoms with van der Waals surface area (Å²) < 4.78 is 4.98. The predicted molar refractivity (Wildman–Crippen MR) is 75.4 cm³/mol. The Hall–Kier alpha value is -1.43. The maximum Gasteiger partial charge on any atom is 0.292 e. The van der Waals surface area contributed by atoms with Crippen molar-refractivity contribution < 1.29 is 4.74 Å². The number of ether oxygens (including phenoxy) is 1. The molecule has 0 fully saturated rings. The van der Waals surface area contributed by atoms with Crippen LogP contribution in [0.4, 0.5) is 5.69 Å². The molecule has 0 spiro atoms. The molecule has 0 bridgehead atoms. The summed E-state index contributed by atoms with van der Waals surface area (Å²) in [6.45, 7) is 6.21. The van der Waals surface area contributed by atoms with Crippen LogP contribution in [0.5, 0.6) is 5.75 Å². The zero-order valence-corrected chi connectivity index (χ0v) is 11.0. The van der Waals surface area contributed by atoms with Crippen LogP contribution in [0.3, 0.4) is 0 Å². The monoisotopic (exact) mass is 252 g/mol. The first-order chi connectivity index (χ1) is 7.90. The summed E-state index contributed by atoms with van der Waals surface area (Å²) in [7, 11) is 1.61. The minimum Gasteiger partial charge on any atom is -0.497 e. The Bertz CT molecular complexity index is 430. The molecule has 0 saturated heterocycles. The smallest absolute Gasteiger partial charge is 0.292 e. The lowest BCUT2D eigenvalue weighted by atomic mass is 10.2. The highest BCUT2D eigenvalue weighted by Crippen LogP contribution is 2.23. The fourth-order valence-electron chi connectivity index (χ4n) is 1.57. The number of rotatable bonds is 4. The Morgan fingerprint density at radius 1 is 1.41 bits per heavy atom. The van der Waals surface area contributed by atoms with Gasteiger partial charge in [0, 0.05) is 24.4 Å². The molecule has 0 aromatic heterocycles. The van der Waals surface area contributed by atoms with Crippen LogP contribution >= 0.6 is 12.2 Å². The van der Waals surface area contributed by atoms with Crippen molar-refractivity contribution in [1.29, 1.82) is 0 Å². The van der Waals surface area contributed by atoms with Gasteiger partial charge in [0.1, 0.15) is 12.3 Å². The number of hydrogen-bond acceptors (Lipinski definition) is 3. The van der Waals surface area contributed by atoms with Crippen molar-refractivity contribution in [2.75, 3.05) is 13.7 Å².